The fraction of sp³-hybridized carbons (Fsp3) is 0.211. The van der Waals surface area contributed by atoms with Crippen LogP contribution in [0.1, 0.15) is 26.3 Å². The molecule has 26 heavy (non-hydrogen) atoms. The van der Waals surface area contributed by atoms with Crippen LogP contribution < -0.4 is 14.8 Å². The highest BCUT2D eigenvalue weighted by Crippen LogP contribution is 2.31. The lowest BCUT2D eigenvalue weighted by Gasteiger charge is -2.18. The van der Waals surface area contributed by atoms with E-state index in [1.807, 2.05) is 0 Å². The minimum absolute atomic E-state index is 0.0938. The second kappa shape index (κ2) is 7.69. The maximum Gasteiger partial charge on any atom is 0.339 e. The third kappa shape index (κ3) is 3.66. The van der Waals surface area contributed by atoms with Gasteiger partial charge < -0.3 is 19.5 Å². The third-order valence-corrected chi connectivity index (χ3v) is 3.81. The van der Waals surface area contributed by atoms with Crippen LogP contribution >= 0.6 is 0 Å². The van der Waals surface area contributed by atoms with Gasteiger partial charge in [0.05, 0.1) is 5.56 Å². The van der Waals surface area contributed by atoms with Crippen molar-refractivity contribution in [3.63, 3.8) is 0 Å². The molecule has 3 rings (SSSR count). The summed E-state index contributed by atoms with van der Waals surface area (Å²) in [5.41, 5.74) is 0.642. The first kappa shape index (κ1) is 17.5. The molecule has 2 aromatic rings. The summed E-state index contributed by atoms with van der Waals surface area (Å²) >= 11 is 0. The minimum atomic E-state index is -0.741. The van der Waals surface area contributed by atoms with Gasteiger partial charge in [0.2, 0.25) is 0 Å². The number of amides is 1. The summed E-state index contributed by atoms with van der Waals surface area (Å²) in [6.45, 7) is 0.454. The summed E-state index contributed by atoms with van der Waals surface area (Å²) in [6.07, 6.45) is 0. The predicted molar refractivity (Wildman–Crippen MR) is 91.7 cm³/mol. The van der Waals surface area contributed by atoms with Gasteiger partial charge in [0, 0.05) is 18.2 Å². The first-order chi connectivity index (χ1) is 12.6. The van der Waals surface area contributed by atoms with Crippen molar-refractivity contribution in [2.45, 2.75) is 0 Å². The first-order valence-corrected chi connectivity index (χ1v) is 8.01. The van der Waals surface area contributed by atoms with E-state index >= 15 is 0 Å². The molecule has 1 aliphatic rings. The quantitative estimate of drug-likeness (QED) is 0.647. The van der Waals surface area contributed by atoms with Crippen LogP contribution in [-0.4, -0.2) is 44.5 Å². The number of carbonyl (C=O) groups is 3. The van der Waals surface area contributed by atoms with E-state index in [2.05, 4.69) is 5.32 Å². The molecule has 1 amide bonds. The number of hydrogen-bond donors (Lipinski definition) is 1. The highest BCUT2D eigenvalue weighted by molar-refractivity contribution is 6.14. The summed E-state index contributed by atoms with van der Waals surface area (Å²) in [7, 11) is 1.44. The van der Waals surface area contributed by atoms with E-state index in [0.29, 0.717) is 30.3 Å². The molecular weight excluding hydrogens is 338 g/mol. The van der Waals surface area contributed by atoms with E-state index in [-0.39, 0.29) is 16.9 Å². The molecule has 0 bridgehead atoms. The van der Waals surface area contributed by atoms with Crippen molar-refractivity contribution in [2.75, 3.05) is 26.9 Å². The van der Waals surface area contributed by atoms with Gasteiger partial charge in [0.25, 0.3) is 5.91 Å². The van der Waals surface area contributed by atoms with E-state index in [1.54, 1.807) is 30.3 Å². The van der Waals surface area contributed by atoms with Gasteiger partial charge in [-0.1, -0.05) is 18.2 Å². The summed E-state index contributed by atoms with van der Waals surface area (Å²) in [6, 6.07) is 11.2. The van der Waals surface area contributed by atoms with Crippen LogP contribution in [0, 0.1) is 0 Å². The molecule has 0 radical (unpaired) electrons. The Morgan fingerprint density at radius 1 is 1.00 bits per heavy atom. The molecule has 1 N–H and O–H groups in total. The second-order valence-electron chi connectivity index (χ2n) is 5.48. The molecule has 134 valence electrons. The summed E-state index contributed by atoms with van der Waals surface area (Å²) in [4.78, 5) is 36.4. The second-order valence-corrected chi connectivity index (χ2v) is 5.48. The fourth-order valence-electron chi connectivity index (χ4n) is 2.48. The normalized spacial score (nSPS) is 12.2. The summed E-state index contributed by atoms with van der Waals surface area (Å²) in [5, 5.41) is 2.36. The van der Waals surface area contributed by atoms with Gasteiger partial charge in [0.1, 0.15) is 13.2 Å². The zero-order valence-corrected chi connectivity index (χ0v) is 14.1. The molecule has 0 aliphatic carbocycles. The maximum atomic E-state index is 12.9. The van der Waals surface area contributed by atoms with Crippen molar-refractivity contribution >= 4 is 17.7 Å². The van der Waals surface area contributed by atoms with Crippen LogP contribution in [0.25, 0.3) is 0 Å². The Balaban J connectivity index is 1.86. The molecule has 0 fully saturated rings. The molecular formula is C19H17NO6. The van der Waals surface area contributed by atoms with E-state index < -0.39 is 18.5 Å². The Kier molecular flexibility index (Phi) is 5.17. The average molecular weight is 355 g/mol. The Labute approximate surface area is 149 Å². The first-order valence-electron chi connectivity index (χ1n) is 8.01. The molecule has 0 saturated carbocycles. The number of hydrogen-bond acceptors (Lipinski definition) is 6. The number of benzene rings is 2. The van der Waals surface area contributed by atoms with Crippen LogP contribution in [0.3, 0.4) is 0 Å². The Bertz CT molecular complexity index is 861. The molecule has 0 aromatic heterocycles. The number of likely N-dealkylation sites (N-methyl/N-ethyl adjacent to an activating group) is 1. The predicted octanol–water partition coefficient (Wildman–Crippen LogP) is 1.59. The van der Waals surface area contributed by atoms with Gasteiger partial charge in [-0.05, 0) is 24.3 Å². The SMILES string of the molecule is CNC(=O)COC(=O)c1ccccc1C(=O)c1ccc2c(c1)OCCO2. The molecule has 0 saturated heterocycles. The fourth-order valence-corrected chi connectivity index (χ4v) is 2.48. The Hall–Kier alpha value is -3.35. The number of ether oxygens (including phenoxy) is 3. The zero-order chi connectivity index (χ0) is 18.5. The number of fused-ring (bicyclic) bond motifs is 1. The van der Waals surface area contributed by atoms with E-state index in [0.717, 1.165) is 0 Å². The molecule has 7 heteroatoms. The van der Waals surface area contributed by atoms with Gasteiger partial charge >= 0.3 is 5.97 Å². The lowest BCUT2D eigenvalue weighted by molar-refractivity contribution is -0.123. The van der Waals surface area contributed by atoms with Crippen LogP contribution in [0.15, 0.2) is 42.5 Å². The van der Waals surface area contributed by atoms with Crippen molar-refractivity contribution in [1.82, 2.24) is 5.32 Å². The smallest absolute Gasteiger partial charge is 0.339 e. The van der Waals surface area contributed by atoms with Crippen LogP contribution in [-0.2, 0) is 9.53 Å². The van der Waals surface area contributed by atoms with E-state index in [1.165, 1.54) is 19.2 Å². The average Bonchev–Trinajstić information content (AvgIpc) is 2.70. The van der Waals surface area contributed by atoms with Gasteiger partial charge in [-0.15, -0.1) is 0 Å². The maximum absolute atomic E-state index is 12.9. The van der Waals surface area contributed by atoms with E-state index in [4.69, 9.17) is 14.2 Å². The number of nitrogens with one attached hydrogen (secondary N) is 1. The highest BCUT2D eigenvalue weighted by Gasteiger charge is 2.21. The van der Waals surface area contributed by atoms with Crippen molar-refractivity contribution in [1.29, 1.82) is 0 Å². The van der Waals surface area contributed by atoms with Crippen molar-refractivity contribution in [3.05, 3.63) is 59.2 Å². The molecule has 1 aliphatic heterocycles. The molecule has 0 spiro atoms. The molecule has 0 atom stereocenters. The number of ketones is 1. The summed E-state index contributed by atoms with van der Waals surface area (Å²) in [5.74, 6) is -0.466. The largest absolute Gasteiger partial charge is 0.486 e. The van der Waals surface area contributed by atoms with Gasteiger partial charge in [-0.3, -0.25) is 9.59 Å². The lowest BCUT2D eigenvalue weighted by atomic mass is 9.98. The molecule has 1 heterocycles. The van der Waals surface area contributed by atoms with Crippen LogP contribution in [0.2, 0.25) is 0 Å². The standard InChI is InChI=1S/C19H17NO6/c1-20-17(21)11-26-19(23)14-5-3-2-4-13(14)18(22)12-6-7-15-16(10-12)25-9-8-24-15/h2-7,10H,8-9,11H2,1H3,(H,20,21). The number of rotatable bonds is 5. The third-order valence-electron chi connectivity index (χ3n) is 3.81. The molecule has 7 nitrogen and oxygen atoms in total. The van der Waals surface area contributed by atoms with Crippen LogP contribution in [0.5, 0.6) is 11.5 Å². The van der Waals surface area contributed by atoms with Crippen molar-refractivity contribution in [2.24, 2.45) is 0 Å². The number of esters is 1. The zero-order valence-electron chi connectivity index (χ0n) is 14.1. The summed E-state index contributed by atoms with van der Waals surface area (Å²) < 4.78 is 15.9. The van der Waals surface area contributed by atoms with Gasteiger partial charge in [-0.2, -0.15) is 0 Å². The number of carbonyl (C=O) groups excluding carboxylic acids is 3. The monoisotopic (exact) mass is 355 g/mol. The minimum Gasteiger partial charge on any atom is -0.486 e. The molecule has 0 unspecified atom stereocenters. The van der Waals surface area contributed by atoms with Crippen molar-refractivity contribution < 1.29 is 28.6 Å². The van der Waals surface area contributed by atoms with Gasteiger partial charge in [-0.25, -0.2) is 4.79 Å². The van der Waals surface area contributed by atoms with E-state index in [9.17, 15) is 14.4 Å². The highest BCUT2D eigenvalue weighted by atomic mass is 16.6. The van der Waals surface area contributed by atoms with Crippen molar-refractivity contribution in [3.8, 4) is 11.5 Å². The Morgan fingerprint density at radius 2 is 1.69 bits per heavy atom. The Morgan fingerprint density at radius 3 is 2.42 bits per heavy atom. The van der Waals surface area contributed by atoms with Crippen LogP contribution in [0.4, 0.5) is 0 Å². The van der Waals surface area contributed by atoms with Gasteiger partial charge in [0.15, 0.2) is 23.9 Å². The molecule has 2 aromatic carbocycles. The topological polar surface area (TPSA) is 90.9 Å². The lowest BCUT2D eigenvalue weighted by Crippen LogP contribution is -2.25.